The third kappa shape index (κ3) is 3.08. The summed E-state index contributed by atoms with van der Waals surface area (Å²) in [6.45, 7) is 2.39. The average Bonchev–Trinajstić information content (AvgIpc) is 2.37. The van der Waals surface area contributed by atoms with Crippen LogP contribution in [0.2, 0.25) is 0 Å². The monoisotopic (exact) mass is 242 g/mol. The Balaban J connectivity index is 2.14. The lowest BCUT2D eigenvalue weighted by Gasteiger charge is -2.09. The van der Waals surface area contributed by atoms with Crippen molar-refractivity contribution in [2.75, 3.05) is 6.54 Å². The Morgan fingerprint density at radius 1 is 1.22 bits per heavy atom. The first-order valence-corrected chi connectivity index (χ1v) is 6.16. The van der Waals surface area contributed by atoms with E-state index in [1.807, 2.05) is 37.3 Å². The van der Waals surface area contributed by atoms with Crippen LogP contribution in [0.4, 0.5) is 0 Å². The largest absolute Gasteiger partial charge is 0.354 e. The molecule has 2 aromatic rings. The highest BCUT2D eigenvalue weighted by atomic mass is 16.1. The van der Waals surface area contributed by atoms with Crippen LogP contribution in [0.1, 0.15) is 12.5 Å². The molecule has 18 heavy (non-hydrogen) atoms. The molecule has 0 spiro atoms. The van der Waals surface area contributed by atoms with Gasteiger partial charge in [0.25, 0.3) is 0 Å². The van der Waals surface area contributed by atoms with Crippen LogP contribution in [-0.4, -0.2) is 18.5 Å². The zero-order valence-corrected chi connectivity index (χ0v) is 10.5. The van der Waals surface area contributed by atoms with Crippen molar-refractivity contribution >= 4 is 16.7 Å². The molecular weight excluding hydrogens is 224 g/mol. The van der Waals surface area contributed by atoms with Gasteiger partial charge in [0, 0.05) is 12.6 Å². The van der Waals surface area contributed by atoms with Gasteiger partial charge in [-0.15, -0.1) is 0 Å². The van der Waals surface area contributed by atoms with Crippen LogP contribution in [0.5, 0.6) is 0 Å². The standard InChI is InChI=1S/C15H18N2O/c1-11(16)10-17-15(18)9-13-7-4-6-12-5-2-3-8-14(12)13/h2-8,11H,9-10,16H2,1H3,(H,17,18). The maximum absolute atomic E-state index is 11.8. The third-order valence-corrected chi connectivity index (χ3v) is 2.85. The van der Waals surface area contributed by atoms with E-state index in [1.165, 1.54) is 0 Å². The summed E-state index contributed by atoms with van der Waals surface area (Å²) in [5.41, 5.74) is 6.66. The molecular formula is C15H18N2O. The maximum atomic E-state index is 11.8. The van der Waals surface area contributed by atoms with Gasteiger partial charge in [0.2, 0.25) is 5.91 Å². The molecule has 0 saturated heterocycles. The summed E-state index contributed by atoms with van der Waals surface area (Å²) in [6, 6.07) is 14.1. The summed E-state index contributed by atoms with van der Waals surface area (Å²) in [5, 5.41) is 5.13. The first kappa shape index (κ1) is 12.6. The van der Waals surface area contributed by atoms with Crippen molar-refractivity contribution in [2.45, 2.75) is 19.4 Å². The second-order valence-electron chi connectivity index (χ2n) is 4.60. The molecule has 3 heteroatoms. The topological polar surface area (TPSA) is 55.1 Å². The number of fused-ring (bicyclic) bond motifs is 1. The molecule has 94 valence electrons. The zero-order chi connectivity index (χ0) is 13.0. The van der Waals surface area contributed by atoms with Gasteiger partial charge in [0.1, 0.15) is 0 Å². The number of nitrogens with one attached hydrogen (secondary N) is 1. The van der Waals surface area contributed by atoms with E-state index >= 15 is 0 Å². The second-order valence-corrected chi connectivity index (χ2v) is 4.60. The summed E-state index contributed by atoms with van der Waals surface area (Å²) in [4.78, 5) is 11.8. The fourth-order valence-corrected chi connectivity index (χ4v) is 1.96. The van der Waals surface area contributed by atoms with Gasteiger partial charge >= 0.3 is 0 Å². The number of carbonyl (C=O) groups excluding carboxylic acids is 1. The minimum atomic E-state index is -0.0125. The van der Waals surface area contributed by atoms with Gasteiger partial charge < -0.3 is 11.1 Å². The molecule has 1 amide bonds. The Bertz CT molecular complexity index is 544. The van der Waals surface area contributed by atoms with Gasteiger partial charge in [-0.1, -0.05) is 42.5 Å². The normalized spacial score (nSPS) is 12.3. The molecule has 0 bridgehead atoms. The molecule has 3 nitrogen and oxygen atoms in total. The van der Waals surface area contributed by atoms with E-state index in [0.29, 0.717) is 13.0 Å². The fraction of sp³-hybridized carbons (Fsp3) is 0.267. The van der Waals surface area contributed by atoms with Gasteiger partial charge in [-0.25, -0.2) is 0 Å². The van der Waals surface area contributed by atoms with Crippen LogP contribution in [0.25, 0.3) is 10.8 Å². The molecule has 0 aliphatic heterocycles. The molecule has 0 fully saturated rings. The molecule has 0 aromatic heterocycles. The summed E-state index contributed by atoms with van der Waals surface area (Å²) in [5.74, 6) is 0.0173. The Morgan fingerprint density at radius 3 is 2.72 bits per heavy atom. The predicted octanol–water partition coefficient (Wildman–Crippen LogP) is 1.85. The molecule has 2 aromatic carbocycles. The molecule has 0 saturated carbocycles. The lowest BCUT2D eigenvalue weighted by molar-refractivity contribution is -0.120. The van der Waals surface area contributed by atoms with E-state index in [2.05, 4.69) is 17.4 Å². The van der Waals surface area contributed by atoms with Crippen molar-refractivity contribution in [1.82, 2.24) is 5.32 Å². The first-order valence-electron chi connectivity index (χ1n) is 6.16. The van der Waals surface area contributed by atoms with Crippen molar-refractivity contribution < 1.29 is 4.79 Å². The number of amides is 1. The van der Waals surface area contributed by atoms with E-state index in [4.69, 9.17) is 5.73 Å². The molecule has 0 radical (unpaired) electrons. The first-order chi connectivity index (χ1) is 8.66. The number of benzene rings is 2. The summed E-state index contributed by atoms with van der Waals surface area (Å²) in [7, 11) is 0. The number of hydrogen-bond donors (Lipinski definition) is 2. The minimum Gasteiger partial charge on any atom is -0.354 e. The van der Waals surface area contributed by atoms with Gasteiger partial charge in [-0.05, 0) is 23.3 Å². The number of rotatable bonds is 4. The minimum absolute atomic E-state index is 0.0125. The molecule has 1 atom stereocenters. The van der Waals surface area contributed by atoms with Crippen LogP contribution in [-0.2, 0) is 11.2 Å². The van der Waals surface area contributed by atoms with Crippen molar-refractivity contribution in [3.8, 4) is 0 Å². The van der Waals surface area contributed by atoms with E-state index < -0.39 is 0 Å². The maximum Gasteiger partial charge on any atom is 0.224 e. The SMILES string of the molecule is CC(N)CNC(=O)Cc1cccc2ccccc12. The highest BCUT2D eigenvalue weighted by Crippen LogP contribution is 2.18. The lowest BCUT2D eigenvalue weighted by atomic mass is 10.0. The van der Waals surface area contributed by atoms with Crippen LogP contribution >= 0.6 is 0 Å². The summed E-state index contributed by atoms with van der Waals surface area (Å²) >= 11 is 0. The molecule has 0 heterocycles. The molecule has 2 rings (SSSR count). The van der Waals surface area contributed by atoms with Crippen LogP contribution in [0.15, 0.2) is 42.5 Å². The molecule has 0 aliphatic carbocycles. The Kier molecular flexibility index (Phi) is 3.95. The quantitative estimate of drug-likeness (QED) is 0.859. The second kappa shape index (κ2) is 5.65. The van der Waals surface area contributed by atoms with Crippen molar-refractivity contribution in [3.05, 3.63) is 48.0 Å². The van der Waals surface area contributed by atoms with Crippen LogP contribution < -0.4 is 11.1 Å². The van der Waals surface area contributed by atoms with Crippen molar-refractivity contribution in [2.24, 2.45) is 5.73 Å². The Morgan fingerprint density at radius 2 is 1.94 bits per heavy atom. The van der Waals surface area contributed by atoms with Gasteiger partial charge in [-0.2, -0.15) is 0 Å². The Hall–Kier alpha value is -1.87. The lowest BCUT2D eigenvalue weighted by Crippen LogP contribution is -2.35. The molecule has 0 aliphatic rings. The zero-order valence-electron chi connectivity index (χ0n) is 10.5. The Labute approximate surface area is 107 Å². The van der Waals surface area contributed by atoms with E-state index in [1.54, 1.807) is 0 Å². The van der Waals surface area contributed by atoms with Crippen LogP contribution in [0, 0.1) is 0 Å². The summed E-state index contributed by atoms with van der Waals surface area (Å²) in [6.07, 6.45) is 0.397. The average molecular weight is 242 g/mol. The highest BCUT2D eigenvalue weighted by Gasteiger charge is 2.06. The highest BCUT2D eigenvalue weighted by molar-refractivity contribution is 5.90. The van der Waals surface area contributed by atoms with Crippen LogP contribution in [0.3, 0.4) is 0 Å². The number of nitrogens with two attached hydrogens (primary N) is 1. The van der Waals surface area contributed by atoms with Gasteiger partial charge in [0.05, 0.1) is 6.42 Å². The van der Waals surface area contributed by atoms with E-state index in [0.717, 1.165) is 16.3 Å². The summed E-state index contributed by atoms with van der Waals surface area (Å²) < 4.78 is 0. The third-order valence-electron chi connectivity index (χ3n) is 2.85. The smallest absolute Gasteiger partial charge is 0.224 e. The predicted molar refractivity (Wildman–Crippen MR) is 74.3 cm³/mol. The number of hydrogen-bond acceptors (Lipinski definition) is 2. The number of carbonyl (C=O) groups is 1. The fourth-order valence-electron chi connectivity index (χ4n) is 1.96. The van der Waals surface area contributed by atoms with Crippen molar-refractivity contribution in [1.29, 1.82) is 0 Å². The molecule has 3 N–H and O–H groups in total. The van der Waals surface area contributed by atoms with Gasteiger partial charge in [0.15, 0.2) is 0 Å². The van der Waals surface area contributed by atoms with E-state index in [-0.39, 0.29) is 11.9 Å². The molecule has 1 unspecified atom stereocenters. The van der Waals surface area contributed by atoms with E-state index in [9.17, 15) is 4.79 Å². The van der Waals surface area contributed by atoms with Gasteiger partial charge in [-0.3, -0.25) is 4.79 Å². The van der Waals surface area contributed by atoms with Crippen molar-refractivity contribution in [3.63, 3.8) is 0 Å².